The molecule has 3 rings (SSSR count). The van der Waals surface area contributed by atoms with Crippen molar-refractivity contribution in [2.45, 2.75) is 25.0 Å². The number of pyridine rings is 1. The van der Waals surface area contributed by atoms with Crippen LogP contribution in [0.2, 0.25) is 0 Å². The van der Waals surface area contributed by atoms with Crippen LogP contribution in [0.25, 0.3) is 0 Å². The van der Waals surface area contributed by atoms with Crippen molar-refractivity contribution in [1.29, 1.82) is 0 Å². The summed E-state index contributed by atoms with van der Waals surface area (Å²) in [6, 6.07) is 12.6. The van der Waals surface area contributed by atoms with E-state index in [0.29, 0.717) is 31.3 Å². The topological polar surface area (TPSA) is 97.8 Å². The highest BCUT2D eigenvalue weighted by Crippen LogP contribution is 2.22. The molecule has 0 bridgehead atoms. The summed E-state index contributed by atoms with van der Waals surface area (Å²) in [5.41, 5.74) is -0.0182. The molecule has 1 aromatic heterocycles. The van der Waals surface area contributed by atoms with Gasteiger partial charge in [-0.3, -0.25) is 4.79 Å². The summed E-state index contributed by atoms with van der Waals surface area (Å²) < 4.78 is 10.8. The lowest BCUT2D eigenvalue weighted by atomic mass is 9.90. The molecule has 1 aromatic carbocycles. The van der Waals surface area contributed by atoms with E-state index in [4.69, 9.17) is 9.47 Å². The minimum atomic E-state index is -1.30. The molecule has 2 heterocycles. The SMILES string of the molecule is O=C(NC1(C(=O)O)CCOCC1)c1ccnc(OCc2ccccc2)c1. The highest BCUT2D eigenvalue weighted by molar-refractivity contribution is 5.98. The Morgan fingerprint density at radius 2 is 1.92 bits per heavy atom. The van der Waals surface area contributed by atoms with E-state index in [-0.39, 0.29) is 12.8 Å². The Bertz CT molecular complexity index is 773. The molecule has 1 amide bonds. The van der Waals surface area contributed by atoms with E-state index >= 15 is 0 Å². The standard InChI is InChI=1S/C19H20N2O5/c22-17(21-19(18(23)24)7-10-25-11-8-19)15-6-9-20-16(12-15)26-13-14-4-2-1-3-5-14/h1-6,9,12H,7-8,10-11,13H2,(H,21,22)(H,23,24). The van der Waals surface area contributed by atoms with Crippen LogP contribution in [0.15, 0.2) is 48.7 Å². The first-order valence-electron chi connectivity index (χ1n) is 8.35. The minimum absolute atomic E-state index is 0.233. The summed E-state index contributed by atoms with van der Waals surface area (Å²) in [4.78, 5) is 28.3. The summed E-state index contributed by atoms with van der Waals surface area (Å²) in [7, 11) is 0. The van der Waals surface area contributed by atoms with Crippen LogP contribution in [-0.4, -0.2) is 40.7 Å². The second kappa shape index (κ2) is 7.97. The summed E-state index contributed by atoms with van der Waals surface area (Å²) in [5.74, 6) is -1.22. The second-order valence-electron chi connectivity index (χ2n) is 6.11. The average Bonchev–Trinajstić information content (AvgIpc) is 2.68. The van der Waals surface area contributed by atoms with Crippen molar-refractivity contribution in [2.24, 2.45) is 0 Å². The zero-order chi connectivity index (χ0) is 18.4. The van der Waals surface area contributed by atoms with Crippen molar-refractivity contribution in [3.63, 3.8) is 0 Å². The van der Waals surface area contributed by atoms with Crippen molar-refractivity contribution in [3.05, 3.63) is 59.8 Å². The molecule has 0 radical (unpaired) electrons. The van der Waals surface area contributed by atoms with E-state index in [0.717, 1.165) is 5.56 Å². The van der Waals surface area contributed by atoms with E-state index in [1.807, 2.05) is 30.3 Å². The minimum Gasteiger partial charge on any atom is -0.480 e. The van der Waals surface area contributed by atoms with E-state index in [2.05, 4.69) is 10.3 Å². The summed E-state index contributed by atoms with van der Waals surface area (Å²) in [6.07, 6.45) is 1.93. The molecule has 7 heteroatoms. The van der Waals surface area contributed by atoms with Crippen LogP contribution in [0, 0.1) is 0 Å². The first-order valence-corrected chi connectivity index (χ1v) is 8.35. The van der Waals surface area contributed by atoms with E-state index in [1.54, 1.807) is 0 Å². The molecule has 26 heavy (non-hydrogen) atoms. The van der Waals surface area contributed by atoms with Gasteiger partial charge >= 0.3 is 5.97 Å². The maximum Gasteiger partial charge on any atom is 0.329 e. The number of ether oxygens (including phenoxy) is 2. The zero-order valence-electron chi connectivity index (χ0n) is 14.2. The highest BCUT2D eigenvalue weighted by Gasteiger charge is 2.41. The number of amides is 1. The first-order chi connectivity index (χ1) is 12.6. The fraction of sp³-hybridized carbons (Fsp3) is 0.316. The number of carboxylic acid groups (broad SMARTS) is 1. The molecule has 0 aliphatic carbocycles. The number of aliphatic carboxylic acids is 1. The molecule has 2 aromatic rings. The number of carboxylic acids is 1. The van der Waals surface area contributed by atoms with Gasteiger partial charge in [0.25, 0.3) is 5.91 Å². The van der Waals surface area contributed by atoms with Gasteiger partial charge in [0, 0.05) is 43.9 Å². The quantitative estimate of drug-likeness (QED) is 0.822. The molecular weight excluding hydrogens is 336 g/mol. The van der Waals surface area contributed by atoms with Crippen LogP contribution in [0.5, 0.6) is 5.88 Å². The van der Waals surface area contributed by atoms with E-state index in [9.17, 15) is 14.7 Å². The van der Waals surface area contributed by atoms with Gasteiger partial charge in [0.1, 0.15) is 12.1 Å². The Kier molecular flexibility index (Phi) is 5.48. The lowest BCUT2D eigenvalue weighted by molar-refractivity contribution is -0.148. The molecule has 1 saturated heterocycles. The smallest absolute Gasteiger partial charge is 0.329 e. The van der Waals surface area contributed by atoms with Crippen molar-refractivity contribution >= 4 is 11.9 Å². The van der Waals surface area contributed by atoms with Gasteiger partial charge in [-0.25, -0.2) is 9.78 Å². The molecule has 1 aliphatic rings. The van der Waals surface area contributed by atoms with Crippen molar-refractivity contribution in [1.82, 2.24) is 10.3 Å². The van der Waals surface area contributed by atoms with Crippen molar-refractivity contribution in [3.8, 4) is 5.88 Å². The van der Waals surface area contributed by atoms with Gasteiger partial charge in [-0.1, -0.05) is 30.3 Å². The Labute approximate surface area is 151 Å². The Balaban J connectivity index is 1.68. The van der Waals surface area contributed by atoms with Crippen LogP contribution in [0.1, 0.15) is 28.8 Å². The van der Waals surface area contributed by atoms with Crippen LogP contribution < -0.4 is 10.1 Å². The Morgan fingerprint density at radius 1 is 1.19 bits per heavy atom. The average molecular weight is 356 g/mol. The number of carbonyl (C=O) groups excluding carboxylic acids is 1. The van der Waals surface area contributed by atoms with E-state index in [1.165, 1.54) is 18.3 Å². The lowest BCUT2D eigenvalue weighted by Crippen LogP contribution is -2.57. The van der Waals surface area contributed by atoms with Crippen LogP contribution >= 0.6 is 0 Å². The largest absolute Gasteiger partial charge is 0.480 e. The number of hydrogen-bond acceptors (Lipinski definition) is 5. The molecule has 1 aliphatic heterocycles. The third-order valence-corrected chi connectivity index (χ3v) is 4.34. The molecule has 0 atom stereocenters. The zero-order valence-corrected chi connectivity index (χ0v) is 14.2. The Hall–Kier alpha value is -2.93. The predicted molar refractivity (Wildman–Crippen MR) is 92.9 cm³/mol. The molecule has 7 nitrogen and oxygen atoms in total. The molecular formula is C19H20N2O5. The van der Waals surface area contributed by atoms with Crippen LogP contribution in [0.4, 0.5) is 0 Å². The molecule has 2 N–H and O–H groups in total. The number of nitrogens with one attached hydrogen (secondary N) is 1. The number of benzene rings is 1. The van der Waals surface area contributed by atoms with Gasteiger partial charge < -0.3 is 19.9 Å². The summed E-state index contributed by atoms with van der Waals surface area (Å²) in [5, 5.41) is 12.2. The fourth-order valence-corrected chi connectivity index (χ4v) is 2.76. The summed E-state index contributed by atoms with van der Waals surface area (Å²) in [6.45, 7) is 0.929. The first kappa shape index (κ1) is 17.9. The van der Waals surface area contributed by atoms with Gasteiger partial charge in [0.2, 0.25) is 5.88 Å². The molecule has 0 unspecified atom stereocenters. The van der Waals surface area contributed by atoms with Crippen LogP contribution in [-0.2, 0) is 16.1 Å². The van der Waals surface area contributed by atoms with Gasteiger partial charge in [-0.05, 0) is 11.6 Å². The third kappa shape index (κ3) is 4.18. The van der Waals surface area contributed by atoms with Gasteiger partial charge in [0.05, 0.1) is 0 Å². The summed E-state index contributed by atoms with van der Waals surface area (Å²) >= 11 is 0. The maximum atomic E-state index is 12.6. The Morgan fingerprint density at radius 3 is 2.62 bits per heavy atom. The van der Waals surface area contributed by atoms with E-state index < -0.39 is 17.4 Å². The number of hydrogen-bond donors (Lipinski definition) is 2. The highest BCUT2D eigenvalue weighted by atomic mass is 16.5. The number of nitrogens with zero attached hydrogens (tertiary/aromatic N) is 1. The van der Waals surface area contributed by atoms with Gasteiger partial charge in [-0.2, -0.15) is 0 Å². The predicted octanol–water partition coefficient (Wildman–Crippen LogP) is 2.02. The maximum absolute atomic E-state index is 12.6. The second-order valence-corrected chi connectivity index (χ2v) is 6.11. The fourth-order valence-electron chi connectivity index (χ4n) is 2.76. The number of carbonyl (C=O) groups is 2. The lowest BCUT2D eigenvalue weighted by Gasteiger charge is -2.33. The third-order valence-electron chi connectivity index (χ3n) is 4.34. The van der Waals surface area contributed by atoms with Crippen molar-refractivity contribution in [2.75, 3.05) is 13.2 Å². The van der Waals surface area contributed by atoms with Crippen LogP contribution in [0.3, 0.4) is 0 Å². The number of aromatic nitrogens is 1. The normalized spacial score (nSPS) is 15.8. The molecule has 136 valence electrons. The molecule has 1 fully saturated rings. The molecule has 0 saturated carbocycles. The molecule has 0 spiro atoms. The monoisotopic (exact) mass is 356 g/mol. The van der Waals surface area contributed by atoms with Gasteiger partial charge in [-0.15, -0.1) is 0 Å². The van der Waals surface area contributed by atoms with Gasteiger partial charge in [0.15, 0.2) is 0 Å². The van der Waals surface area contributed by atoms with Crippen molar-refractivity contribution < 1.29 is 24.2 Å². The number of rotatable bonds is 6.